The van der Waals surface area contributed by atoms with Crippen molar-refractivity contribution in [3.8, 4) is 0 Å². The highest BCUT2D eigenvalue weighted by Crippen LogP contribution is 2.31. The lowest BCUT2D eigenvalue weighted by atomic mass is 9.92. The number of carbonyl (C=O) groups is 1. The lowest BCUT2D eigenvalue weighted by Gasteiger charge is -2.31. The molecule has 0 saturated heterocycles. The number of aliphatic hydroxyl groups is 1. The van der Waals surface area contributed by atoms with E-state index in [-0.39, 0.29) is 35.7 Å². The van der Waals surface area contributed by atoms with Gasteiger partial charge in [-0.05, 0) is 50.3 Å². The van der Waals surface area contributed by atoms with Crippen LogP contribution >= 0.6 is 0 Å². The fourth-order valence-electron chi connectivity index (χ4n) is 3.72. The van der Waals surface area contributed by atoms with Gasteiger partial charge >= 0.3 is 0 Å². The van der Waals surface area contributed by atoms with Crippen molar-refractivity contribution >= 4 is 16.9 Å². The number of amides is 1. The number of hydrogen-bond donors (Lipinski definition) is 2. The van der Waals surface area contributed by atoms with E-state index in [1.807, 2.05) is 6.07 Å². The second-order valence-corrected chi connectivity index (χ2v) is 7.84. The highest BCUT2D eigenvalue weighted by atomic mass is 16.7. The van der Waals surface area contributed by atoms with Gasteiger partial charge in [0.2, 0.25) is 6.29 Å². The van der Waals surface area contributed by atoms with Crippen LogP contribution in [-0.2, 0) is 14.3 Å². The van der Waals surface area contributed by atoms with Crippen molar-refractivity contribution in [3.05, 3.63) is 58.2 Å². The molecular formula is C23H27NO6. The molecule has 0 spiro atoms. The molecule has 2 atom stereocenters. The number of benzene rings is 1. The van der Waals surface area contributed by atoms with Gasteiger partial charge in [0.1, 0.15) is 5.58 Å². The molecule has 2 heterocycles. The average Bonchev–Trinajstić information content (AvgIpc) is 2.74. The summed E-state index contributed by atoms with van der Waals surface area (Å²) in [5.41, 5.74) is 0.898. The summed E-state index contributed by atoms with van der Waals surface area (Å²) in [5, 5.41) is 12.4. The minimum atomic E-state index is -0.647. The Labute approximate surface area is 174 Å². The van der Waals surface area contributed by atoms with Crippen LogP contribution in [0.2, 0.25) is 0 Å². The second-order valence-electron chi connectivity index (χ2n) is 7.84. The van der Waals surface area contributed by atoms with E-state index >= 15 is 0 Å². The molecule has 2 aliphatic rings. The number of ether oxygens (including phenoxy) is 2. The minimum Gasteiger partial charge on any atom is -0.464 e. The molecule has 2 aromatic rings. The van der Waals surface area contributed by atoms with Gasteiger partial charge in [-0.3, -0.25) is 9.59 Å². The lowest BCUT2D eigenvalue weighted by molar-refractivity contribution is -0.147. The highest BCUT2D eigenvalue weighted by Gasteiger charge is 2.32. The molecule has 1 aliphatic carbocycles. The molecule has 1 saturated carbocycles. The highest BCUT2D eigenvalue weighted by molar-refractivity contribution is 5.92. The van der Waals surface area contributed by atoms with Crippen LogP contribution in [0.4, 0.5) is 0 Å². The fourth-order valence-corrected chi connectivity index (χ4v) is 3.72. The molecule has 2 N–H and O–H groups in total. The maximum absolute atomic E-state index is 13.0. The third kappa shape index (κ3) is 4.57. The van der Waals surface area contributed by atoms with Crippen molar-refractivity contribution in [1.82, 2.24) is 5.32 Å². The van der Waals surface area contributed by atoms with Crippen LogP contribution in [0.25, 0.3) is 11.0 Å². The van der Waals surface area contributed by atoms with Gasteiger partial charge in [-0.2, -0.15) is 0 Å². The Morgan fingerprint density at radius 1 is 1.23 bits per heavy atom. The number of aliphatic hydroxyl groups excluding tert-OH is 1. The monoisotopic (exact) mass is 413 g/mol. The maximum atomic E-state index is 13.0. The molecule has 30 heavy (non-hydrogen) atoms. The molecule has 7 heteroatoms. The predicted molar refractivity (Wildman–Crippen MR) is 111 cm³/mol. The number of nitrogens with one attached hydrogen (secondary N) is 1. The largest absolute Gasteiger partial charge is 0.464 e. The van der Waals surface area contributed by atoms with Gasteiger partial charge in [0, 0.05) is 30.6 Å². The van der Waals surface area contributed by atoms with Crippen molar-refractivity contribution in [2.24, 2.45) is 0 Å². The zero-order valence-corrected chi connectivity index (χ0v) is 16.8. The molecule has 1 aromatic carbocycles. The normalized spacial score (nSPS) is 21.6. The Morgan fingerprint density at radius 3 is 2.83 bits per heavy atom. The summed E-state index contributed by atoms with van der Waals surface area (Å²) in [4.78, 5) is 25.7. The molecule has 4 rings (SSSR count). The fraction of sp³-hybridized carbons (Fsp3) is 0.478. The Kier molecular flexibility index (Phi) is 6.50. The third-order valence-corrected chi connectivity index (χ3v) is 5.68. The standard InChI is InChI=1S/C23H27NO6/c25-10-3-4-11-28-21-13-15(12-20(30-21)23(27)24-16-6-5-7-16)18-14-29-19-9-2-1-8-17(19)22(18)26/h1-2,8-9,12,14-16,21,25H,3-7,10-11,13H2,(H,24,27)/t15-,21+/m0/s1. The number of rotatable bonds is 8. The summed E-state index contributed by atoms with van der Waals surface area (Å²) in [5.74, 6) is -0.457. The lowest BCUT2D eigenvalue weighted by Crippen LogP contribution is -2.42. The molecule has 0 bridgehead atoms. The van der Waals surface area contributed by atoms with E-state index in [1.165, 1.54) is 6.26 Å². The van der Waals surface area contributed by atoms with Crippen molar-refractivity contribution in [1.29, 1.82) is 0 Å². The van der Waals surface area contributed by atoms with Crippen molar-refractivity contribution < 1.29 is 23.8 Å². The SMILES string of the molecule is O=C(NC1CCC1)C1=C[C@H](c2coc3ccccc3c2=O)C[C@H](OCCCCO)O1. The number of para-hydroxylation sites is 1. The van der Waals surface area contributed by atoms with Gasteiger partial charge in [-0.15, -0.1) is 0 Å². The van der Waals surface area contributed by atoms with Crippen molar-refractivity contribution in [2.45, 2.75) is 56.8 Å². The summed E-state index contributed by atoms with van der Waals surface area (Å²) >= 11 is 0. The summed E-state index contributed by atoms with van der Waals surface area (Å²) in [7, 11) is 0. The molecule has 0 unspecified atom stereocenters. The smallest absolute Gasteiger partial charge is 0.286 e. The Bertz CT molecular complexity index is 977. The number of fused-ring (bicyclic) bond motifs is 1. The van der Waals surface area contributed by atoms with Gasteiger partial charge in [0.05, 0.1) is 18.3 Å². The molecular weight excluding hydrogens is 386 g/mol. The topological polar surface area (TPSA) is 98.0 Å². The minimum absolute atomic E-state index is 0.102. The first kappa shape index (κ1) is 20.6. The molecule has 160 valence electrons. The number of unbranched alkanes of at least 4 members (excludes halogenated alkanes) is 1. The Hall–Kier alpha value is -2.64. The second kappa shape index (κ2) is 9.45. The van der Waals surface area contributed by atoms with Crippen molar-refractivity contribution in [2.75, 3.05) is 13.2 Å². The first-order chi connectivity index (χ1) is 14.7. The van der Waals surface area contributed by atoms with Crippen LogP contribution < -0.4 is 10.7 Å². The first-order valence-corrected chi connectivity index (χ1v) is 10.6. The predicted octanol–water partition coefficient (Wildman–Crippen LogP) is 2.96. The van der Waals surface area contributed by atoms with Gasteiger partial charge in [-0.25, -0.2) is 0 Å². The maximum Gasteiger partial charge on any atom is 0.286 e. The summed E-state index contributed by atoms with van der Waals surface area (Å²) in [6.07, 6.45) is 7.30. The molecule has 1 aliphatic heterocycles. The molecule has 7 nitrogen and oxygen atoms in total. The van der Waals surface area contributed by atoms with E-state index in [9.17, 15) is 9.59 Å². The van der Waals surface area contributed by atoms with Crippen LogP contribution in [0.15, 0.2) is 51.6 Å². The van der Waals surface area contributed by atoms with E-state index in [2.05, 4.69) is 5.32 Å². The summed E-state index contributed by atoms with van der Waals surface area (Å²) in [6.45, 7) is 0.506. The van der Waals surface area contributed by atoms with Gasteiger partial charge < -0.3 is 24.3 Å². The van der Waals surface area contributed by atoms with Crippen LogP contribution in [0.3, 0.4) is 0 Å². The van der Waals surface area contributed by atoms with Crippen LogP contribution in [0.5, 0.6) is 0 Å². The van der Waals surface area contributed by atoms with E-state index in [4.69, 9.17) is 19.0 Å². The van der Waals surface area contributed by atoms with E-state index in [1.54, 1.807) is 24.3 Å². The van der Waals surface area contributed by atoms with Crippen LogP contribution in [0, 0.1) is 0 Å². The molecule has 1 aromatic heterocycles. The Balaban J connectivity index is 1.58. The van der Waals surface area contributed by atoms with Crippen molar-refractivity contribution in [3.63, 3.8) is 0 Å². The first-order valence-electron chi connectivity index (χ1n) is 10.6. The number of carbonyl (C=O) groups excluding carboxylic acids is 1. The zero-order valence-electron chi connectivity index (χ0n) is 16.8. The van der Waals surface area contributed by atoms with Gasteiger partial charge in [0.15, 0.2) is 11.2 Å². The third-order valence-electron chi connectivity index (χ3n) is 5.68. The van der Waals surface area contributed by atoms with E-state index in [0.29, 0.717) is 42.4 Å². The van der Waals surface area contributed by atoms with Gasteiger partial charge in [-0.1, -0.05) is 12.1 Å². The quantitative estimate of drug-likeness (QED) is 0.646. The van der Waals surface area contributed by atoms with Crippen LogP contribution in [0.1, 0.15) is 50.0 Å². The molecule has 1 amide bonds. The summed E-state index contributed by atoms with van der Waals surface area (Å²) < 4.78 is 17.3. The molecule has 1 fully saturated rings. The molecule has 0 radical (unpaired) electrons. The number of hydrogen-bond acceptors (Lipinski definition) is 6. The average molecular weight is 413 g/mol. The van der Waals surface area contributed by atoms with Gasteiger partial charge in [0.25, 0.3) is 5.91 Å². The zero-order chi connectivity index (χ0) is 20.9. The Morgan fingerprint density at radius 2 is 2.07 bits per heavy atom. The van der Waals surface area contributed by atoms with Crippen LogP contribution in [-0.4, -0.2) is 36.6 Å². The summed E-state index contributed by atoms with van der Waals surface area (Å²) in [6, 6.07) is 7.29. The van der Waals surface area contributed by atoms with E-state index < -0.39 is 6.29 Å². The number of allylic oxidation sites excluding steroid dienone is 1. The van der Waals surface area contributed by atoms with E-state index in [0.717, 1.165) is 19.3 Å².